The van der Waals surface area contributed by atoms with Crippen molar-refractivity contribution in [3.63, 3.8) is 0 Å². The van der Waals surface area contributed by atoms with Gasteiger partial charge in [-0.15, -0.1) is 11.3 Å². The molecular formula is C23H25N5OS. The Morgan fingerprint density at radius 3 is 2.77 bits per heavy atom. The number of carbonyl (C=O) groups excluding carboxylic acids is 1. The van der Waals surface area contributed by atoms with E-state index in [0.29, 0.717) is 0 Å². The molecule has 0 spiro atoms. The second-order valence-corrected chi connectivity index (χ2v) is 9.28. The number of fused-ring (bicyclic) bond motifs is 2. The molecule has 1 saturated heterocycles. The number of aromatic nitrogens is 3. The second-order valence-electron chi connectivity index (χ2n) is 8.08. The minimum atomic E-state index is 0.0165. The van der Waals surface area contributed by atoms with Crippen LogP contribution in [0.3, 0.4) is 0 Å². The summed E-state index contributed by atoms with van der Waals surface area (Å²) in [7, 11) is 2.02. The van der Waals surface area contributed by atoms with Crippen LogP contribution in [0.25, 0.3) is 21.1 Å². The Balaban J connectivity index is 1.31. The quantitative estimate of drug-likeness (QED) is 0.525. The standard InChI is InChI=1S/C23H25N5OS/c1-14-15(2)30-23-20(14)21(24-13-25-23)28-11-7-16(8-12-28)22(29)26-18-5-4-6-19-17(18)9-10-27(19)3/h4-6,9-10,13,16H,7-8,11-12H2,1-3H3,(H,26,29). The van der Waals surface area contributed by atoms with Crippen LogP contribution >= 0.6 is 11.3 Å². The number of carbonyl (C=O) groups is 1. The van der Waals surface area contributed by atoms with Gasteiger partial charge in [0.25, 0.3) is 0 Å². The van der Waals surface area contributed by atoms with E-state index < -0.39 is 0 Å². The van der Waals surface area contributed by atoms with E-state index in [1.807, 2.05) is 25.4 Å². The average Bonchev–Trinajstić information content (AvgIpc) is 3.28. The molecule has 1 aromatic carbocycles. The summed E-state index contributed by atoms with van der Waals surface area (Å²) in [5.74, 6) is 1.14. The number of rotatable bonds is 3. The molecule has 7 heteroatoms. The highest BCUT2D eigenvalue weighted by Gasteiger charge is 2.27. The van der Waals surface area contributed by atoms with Gasteiger partial charge >= 0.3 is 0 Å². The Hall–Kier alpha value is -2.93. The Kier molecular flexibility index (Phi) is 4.70. The number of aryl methyl sites for hydroxylation is 3. The highest BCUT2D eigenvalue weighted by molar-refractivity contribution is 7.18. The molecule has 30 heavy (non-hydrogen) atoms. The number of nitrogens with zero attached hydrogens (tertiary/aromatic N) is 4. The van der Waals surface area contributed by atoms with Crippen LogP contribution in [-0.2, 0) is 11.8 Å². The molecule has 1 aliphatic heterocycles. The number of hydrogen-bond donors (Lipinski definition) is 1. The predicted molar refractivity (Wildman–Crippen MR) is 123 cm³/mol. The molecule has 4 aromatic rings. The third kappa shape index (κ3) is 3.13. The van der Waals surface area contributed by atoms with Gasteiger partial charge in [-0.25, -0.2) is 9.97 Å². The van der Waals surface area contributed by atoms with Crippen molar-refractivity contribution in [1.29, 1.82) is 0 Å². The van der Waals surface area contributed by atoms with Crippen molar-refractivity contribution in [2.24, 2.45) is 13.0 Å². The van der Waals surface area contributed by atoms with Gasteiger partial charge in [-0.1, -0.05) is 6.07 Å². The smallest absolute Gasteiger partial charge is 0.227 e. The first-order valence-corrected chi connectivity index (χ1v) is 11.1. The van der Waals surface area contributed by atoms with E-state index in [1.54, 1.807) is 17.7 Å². The molecule has 1 N–H and O–H groups in total. The average molecular weight is 420 g/mol. The summed E-state index contributed by atoms with van der Waals surface area (Å²) in [5, 5.41) is 5.42. The SMILES string of the molecule is Cc1sc2ncnc(N3CCC(C(=O)Nc4cccc5c4ccn5C)CC3)c2c1C. The van der Waals surface area contributed by atoms with Crippen molar-refractivity contribution in [2.75, 3.05) is 23.3 Å². The topological polar surface area (TPSA) is 63.1 Å². The minimum Gasteiger partial charge on any atom is -0.356 e. The molecular weight excluding hydrogens is 394 g/mol. The lowest BCUT2D eigenvalue weighted by Gasteiger charge is -2.32. The van der Waals surface area contributed by atoms with Gasteiger partial charge in [0.05, 0.1) is 11.1 Å². The van der Waals surface area contributed by atoms with Gasteiger partial charge in [-0.3, -0.25) is 4.79 Å². The summed E-state index contributed by atoms with van der Waals surface area (Å²) in [6.07, 6.45) is 5.33. The van der Waals surface area contributed by atoms with Crippen LogP contribution in [-0.4, -0.2) is 33.5 Å². The fourth-order valence-electron chi connectivity index (χ4n) is 4.40. The van der Waals surface area contributed by atoms with Crippen LogP contribution in [0.15, 0.2) is 36.8 Å². The molecule has 1 amide bonds. The Bertz CT molecular complexity index is 1250. The van der Waals surface area contributed by atoms with Gasteiger partial charge in [0, 0.05) is 48.0 Å². The zero-order valence-electron chi connectivity index (χ0n) is 17.5. The lowest BCUT2D eigenvalue weighted by molar-refractivity contribution is -0.120. The van der Waals surface area contributed by atoms with Crippen molar-refractivity contribution >= 4 is 49.9 Å². The van der Waals surface area contributed by atoms with Crippen LogP contribution in [0.5, 0.6) is 0 Å². The maximum atomic E-state index is 13.0. The van der Waals surface area contributed by atoms with Crippen LogP contribution in [0.1, 0.15) is 23.3 Å². The molecule has 1 fully saturated rings. The Labute approximate surface area is 179 Å². The van der Waals surface area contributed by atoms with Crippen molar-refractivity contribution < 1.29 is 4.79 Å². The van der Waals surface area contributed by atoms with Crippen LogP contribution in [0.2, 0.25) is 0 Å². The maximum absolute atomic E-state index is 13.0. The first kappa shape index (κ1) is 19.1. The number of benzene rings is 1. The van der Waals surface area contributed by atoms with Crippen LogP contribution in [0, 0.1) is 19.8 Å². The number of thiophene rings is 1. The Morgan fingerprint density at radius 1 is 1.17 bits per heavy atom. The molecule has 0 saturated carbocycles. The molecule has 0 atom stereocenters. The van der Waals surface area contributed by atoms with Crippen molar-refractivity contribution in [3.05, 3.63) is 47.2 Å². The summed E-state index contributed by atoms with van der Waals surface area (Å²) >= 11 is 1.72. The third-order valence-corrected chi connectivity index (χ3v) is 7.41. The number of anilines is 2. The van der Waals surface area contributed by atoms with E-state index in [0.717, 1.165) is 53.2 Å². The molecule has 1 aliphatic rings. The van der Waals surface area contributed by atoms with E-state index in [2.05, 4.69) is 50.7 Å². The first-order chi connectivity index (χ1) is 14.5. The molecule has 3 aromatic heterocycles. The molecule has 0 bridgehead atoms. The summed E-state index contributed by atoms with van der Waals surface area (Å²) in [6.45, 7) is 5.93. The summed E-state index contributed by atoms with van der Waals surface area (Å²) in [4.78, 5) is 26.7. The zero-order valence-corrected chi connectivity index (χ0v) is 18.3. The van der Waals surface area contributed by atoms with E-state index in [9.17, 15) is 4.79 Å². The fraction of sp³-hybridized carbons (Fsp3) is 0.348. The van der Waals surface area contributed by atoms with Crippen molar-refractivity contribution in [2.45, 2.75) is 26.7 Å². The minimum absolute atomic E-state index is 0.0165. The monoisotopic (exact) mass is 419 g/mol. The first-order valence-electron chi connectivity index (χ1n) is 10.3. The zero-order chi connectivity index (χ0) is 20.8. The van der Waals surface area contributed by atoms with Crippen LogP contribution < -0.4 is 10.2 Å². The van der Waals surface area contributed by atoms with Gasteiger partial charge in [0.1, 0.15) is 17.0 Å². The van der Waals surface area contributed by atoms with Crippen molar-refractivity contribution in [1.82, 2.24) is 14.5 Å². The molecule has 0 radical (unpaired) electrons. The highest BCUT2D eigenvalue weighted by atomic mass is 32.1. The lowest BCUT2D eigenvalue weighted by Crippen LogP contribution is -2.38. The molecule has 0 unspecified atom stereocenters. The second kappa shape index (κ2) is 7.40. The molecule has 5 rings (SSSR count). The summed E-state index contributed by atoms with van der Waals surface area (Å²) in [5.41, 5.74) is 3.28. The molecule has 4 heterocycles. The molecule has 154 valence electrons. The predicted octanol–water partition coefficient (Wildman–Crippen LogP) is 4.65. The fourth-order valence-corrected chi connectivity index (χ4v) is 5.39. The van der Waals surface area contributed by atoms with Gasteiger partial charge in [-0.2, -0.15) is 0 Å². The maximum Gasteiger partial charge on any atom is 0.227 e. The molecule has 0 aliphatic carbocycles. The van der Waals surface area contributed by atoms with E-state index in [-0.39, 0.29) is 11.8 Å². The lowest BCUT2D eigenvalue weighted by atomic mass is 9.95. The van der Waals surface area contributed by atoms with E-state index in [1.165, 1.54) is 15.8 Å². The van der Waals surface area contributed by atoms with Gasteiger partial charge in [0.2, 0.25) is 5.91 Å². The Morgan fingerprint density at radius 2 is 1.97 bits per heavy atom. The largest absolute Gasteiger partial charge is 0.356 e. The number of hydrogen-bond acceptors (Lipinski definition) is 5. The summed E-state index contributed by atoms with van der Waals surface area (Å²) in [6, 6.07) is 8.10. The van der Waals surface area contributed by atoms with E-state index >= 15 is 0 Å². The van der Waals surface area contributed by atoms with Crippen LogP contribution in [0.4, 0.5) is 11.5 Å². The van der Waals surface area contributed by atoms with Crippen molar-refractivity contribution in [3.8, 4) is 0 Å². The number of amides is 1. The normalized spacial score (nSPS) is 15.2. The third-order valence-electron chi connectivity index (χ3n) is 6.30. The molecule has 6 nitrogen and oxygen atoms in total. The van der Waals surface area contributed by atoms with Gasteiger partial charge in [-0.05, 0) is 50.5 Å². The summed E-state index contributed by atoms with van der Waals surface area (Å²) < 4.78 is 2.07. The number of nitrogens with one attached hydrogen (secondary N) is 1. The highest BCUT2D eigenvalue weighted by Crippen LogP contribution is 2.36. The van der Waals surface area contributed by atoms with Gasteiger partial charge in [0.15, 0.2) is 0 Å². The number of piperidine rings is 1. The van der Waals surface area contributed by atoms with E-state index in [4.69, 9.17) is 0 Å². The van der Waals surface area contributed by atoms with Gasteiger partial charge < -0.3 is 14.8 Å².